The third kappa shape index (κ3) is 5.65. The van der Waals surface area contributed by atoms with Crippen LogP contribution in [-0.4, -0.2) is 68.3 Å². The highest BCUT2D eigenvalue weighted by molar-refractivity contribution is 6.04. The summed E-state index contributed by atoms with van der Waals surface area (Å²) in [6.07, 6.45) is 0.101. The van der Waals surface area contributed by atoms with Crippen LogP contribution >= 0.6 is 0 Å². The van der Waals surface area contributed by atoms with Gasteiger partial charge in [0.25, 0.3) is 5.91 Å². The van der Waals surface area contributed by atoms with E-state index in [0.717, 1.165) is 31.9 Å². The third-order valence-corrected chi connectivity index (χ3v) is 6.51. The number of ether oxygens (including phenoxy) is 1. The first kappa shape index (κ1) is 23.5. The van der Waals surface area contributed by atoms with Gasteiger partial charge in [0.2, 0.25) is 0 Å². The van der Waals surface area contributed by atoms with Crippen molar-refractivity contribution >= 4 is 23.0 Å². The molecule has 1 amide bonds. The molecule has 0 spiro atoms. The number of amides is 1. The van der Waals surface area contributed by atoms with E-state index in [-0.39, 0.29) is 23.9 Å². The molecule has 2 saturated heterocycles. The number of halogens is 1. The van der Waals surface area contributed by atoms with Crippen molar-refractivity contribution in [1.82, 2.24) is 4.90 Å². The summed E-state index contributed by atoms with van der Waals surface area (Å²) in [4.78, 5) is 19.5. The van der Waals surface area contributed by atoms with E-state index in [9.17, 15) is 9.18 Å². The van der Waals surface area contributed by atoms with E-state index >= 15 is 0 Å². The zero-order chi connectivity index (χ0) is 23.5. The lowest BCUT2D eigenvalue weighted by molar-refractivity contribution is -0.00539. The highest BCUT2D eigenvalue weighted by Gasteiger charge is 2.24. The number of hydrogen-bond donors (Lipinski definition) is 1. The predicted octanol–water partition coefficient (Wildman–Crippen LogP) is 4.22. The first-order chi connectivity index (χ1) is 15.8. The maximum Gasteiger partial charge on any atom is 0.255 e. The lowest BCUT2D eigenvalue weighted by Gasteiger charge is -2.38. The van der Waals surface area contributed by atoms with Gasteiger partial charge in [-0.3, -0.25) is 9.69 Å². The van der Waals surface area contributed by atoms with Crippen LogP contribution < -0.4 is 15.1 Å². The minimum atomic E-state index is -0.343. The van der Waals surface area contributed by atoms with Crippen LogP contribution in [0.3, 0.4) is 0 Å². The predicted molar refractivity (Wildman–Crippen MR) is 132 cm³/mol. The highest BCUT2D eigenvalue weighted by Crippen LogP contribution is 2.26. The number of carbonyl (C=O) groups is 1. The van der Waals surface area contributed by atoms with E-state index in [1.807, 2.05) is 43.0 Å². The Kier molecular flexibility index (Phi) is 7.20. The zero-order valence-electron chi connectivity index (χ0n) is 20.1. The normalized spacial score (nSPS) is 22.0. The SMILES string of the molecule is CC1CN(c2ccc(NC(=O)c3ccc(N4CCN(C(C)C)CC4)cc3)cc2F)CC(C)O1. The molecule has 2 aromatic carbocycles. The molecule has 2 unspecified atom stereocenters. The fourth-order valence-corrected chi connectivity index (χ4v) is 4.74. The highest BCUT2D eigenvalue weighted by atomic mass is 19.1. The molecule has 1 N–H and O–H groups in total. The van der Waals surface area contributed by atoms with Crippen molar-refractivity contribution in [1.29, 1.82) is 0 Å². The fourth-order valence-electron chi connectivity index (χ4n) is 4.74. The van der Waals surface area contributed by atoms with Gasteiger partial charge in [-0.05, 0) is 70.2 Å². The molecule has 2 aromatic rings. The van der Waals surface area contributed by atoms with Gasteiger partial charge in [-0.15, -0.1) is 0 Å². The fraction of sp³-hybridized carbons (Fsp3) is 0.500. The van der Waals surface area contributed by atoms with Crippen molar-refractivity contribution in [3.8, 4) is 0 Å². The number of morpholine rings is 1. The topological polar surface area (TPSA) is 48.1 Å². The van der Waals surface area contributed by atoms with Gasteiger partial charge in [0.15, 0.2) is 0 Å². The second-order valence-electron chi connectivity index (χ2n) is 9.45. The van der Waals surface area contributed by atoms with E-state index in [4.69, 9.17) is 4.74 Å². The standard InChI is InChI=1S/C26H35FN4O2/c1-18(2)29-11-13-30(14-12-29)23-8-5-21(6-9-23)26(32)28-22-7-10-25(24(27)15-22)31-16-19(3)33-20(4)17-31/h5-10,15,18-20H,11-14,16-17H2,1-4H3,(H,28,32). The molecule has 4 rings (SSSR count). The van der Waals surface area contributed by atoms with Crippen molar-refractivity contribution in [3.63, 3.8) is 0 Å². The van der Waals surface area contributed by atoms with Gasteiger partial charge in [-0.25, -0.2) is 4.39 Å². The third-order valence-electron chi connectivity index (χ3n) is 6.51. The number of rotatable bonds is 5. The molecule has 2 aliphatic rings. The lowest BCUT2D eigenvalue weighted by Crippen LogP contribution is -2.48. The van der Waals surface area contributed by atoms with Gasteiger partial charge in [0, 0.05) is 62.2 Å². The van der Waals surface area contributed by atoms with Crippen LogP contribution in [0.5, 0.6) is 0 Å². The van der Waals surface area contributed by atoms with Gasteiger partial charge >= 0.3 is 0 Å². The molecule has 7 heteroatoms. The molecule has 0 radical (unpaired) electrons. The van der Waals surface area contributed by atoms with Crippen molar-refractivity contribution in [2.75, 3.05) is 54.4 Å². The Bertz CT molecular complexity index is 947. The van der Waals surface area contributed by atoms with Crippen molar-refractivity contribution in [2.45, 2.75) is 45.9 Å². The Morgan fingerprint density at radius 2 is 1.61 bits per heavy atom. The van der Waals surface area contributed by atoms with E-state index in [1.165, 1.54) is 6.07 Å². The van der Waals surface area contributed by atoms with Gasteiger partial charge in [0.1, 0.15) is 5.82 Å². The van der Waals surface area contributed by atoms with Crippen LogP contribution in [0, 0.1) is 5.82 Å². The maximum atomic E-state index is 14.8. The Balaban J connectivity index is 1.37. The van der Waals surface area contributed by atoms with E-state index in [1.54, 1.807) is 12.1 Å². The lowest BCUT2D eigenvalue weighted by atomic mass is 10.1. The molecule has 0 saturated carbocycles. The summed E-state index contributed by atoms with van der Waals surface area (Å²) in [6, 6.07) is 13.1. The summed E-state index contributed by atoms with van der Waals surface area (Å²) in [5.74, 6) is -0.586. The Morgan fingerprint density at radius 3 is 2.18 bits per heavy atom. The second-order valence-corrected chi connectivity index (χ2v) is 9.45. The van der Waals surface area contributed by atoms with Crippen molar-refractivity contribution in [3.05, 3.63) is 53.8 Å². The van der Waals surface area contributed by atoms with E-state index in [2.05, 4.69) is 29.0 Å². The van der Waals surface area contributed by atoms with Crippen LogP contribution in [0.2, 0.25) is 0 Å². The average molecular weight is 455 g/mol. The number of hydrogen-bond acceptors (Lipinski definition) is 5. The van der Waals surface area contributed by atoms with Crippen molar-refractivity contribution < 1.29 is 13.9 Å². The molecule has 0 bridgehead atoms. The van der Waals surface area contributed by atoms with Crippen LogP contribution in [0.25, 0.3) is 0 Å². The molecular formula is C26H35FN4O2. The number of nitrogens with zero attached hydrogens (tertiary/aromatic N) is 3. The van der Waals surface area contributed by atoms with Gasteiger partial charge in [0.05, 0.1) is 17.9 Å². The smallest absolute Gasteiger partial charge is 0.255 e. The maximum absolute atomic E-state index is 14.8. The molecular weight excluding hydrogens is 419 g/mol. The average Bonchev–Trinajstić information content (AvgIpc) is 2.78. The number of piperazine rings is 1. The first-order valence-corrected chi connectivity index (χ1v) is 11.9. The summed E-state index contributed by atoms with van der Waals surface area (Å²) in [7, 11) is 0. The Morgan fingerprint density at radius 1 is 0.970 bits per heavy atom. The minimum Gasteiger partial charge on any atom is -0.372 e. The van der Waals surface area contributed by atoms with Crippen LogP contribution in [-0.2, 0) is 4.74 Å². The quantitative estimate of drug-likeness (QED) is 0.733. The van der Waals surface area contributed by atoms with E-state index < -0.39 is 0 Å². The molecule has 33 heavy (non-hydrogen) atoms. The largest absolute Gasteiger partial charge is 0.372 e. The van der Waals surface area contributed by atoms with Crippen LogP contribution in [0.1, 0.15) is 38.1 Å². The van der Waals surface area contributed by atoms with Crippen LogP contribution in [0.4, 0.5) is 21.5 Å². The van der Waals surface area contributed by atoms with Gasteiger partial charge in [-0.2, -0.15) is 0 Å². The summed E-state index contributed by atoms with van der Waals surface area (Å²) in [5.41, 5.74) is 2.67. The molecule has 0 aliphatic carbocycles. The summed E-state index contributed by atoms with van der Waals surface area (Å²) >= 11 is 0. The number of carbonyl (C=O) groups excluding carboxylic acids is 1. The molecule has 6 nitrogen and oxygen atoms in total. The number of benzene rings is 2. The van der Waals surface area contributed by atoms with Gasteiger partial charge < -0.3 is 19.9 Å². The minimum absolute atomic E-state index is 0.0505. The summed E-state index contributed by atoms with van der Waals surface area (Å²) < 4.78 is 20.6. The number of nitrogens with one attached hydrogen (secondary N) is 1. The molecule has 0 aromatic heterocycles. The molecule has 2 fully saturated rings. The summed E-state index contributed by atoms with van der Waals surface area (Å²) in [5, 5.41) is 2.82. The number of anilines is 3. The first-order valence-electron chi connectivity index (χ1n) is 11.9. The van der Waals surface area contributed by atoms with Gasteiger partial charge in [-0.1, -0.05) is 0 Å². The monoisotopic (exact) mass is 454 g/mol. The van der Waals surface area contributed by atoms with Crippen LogP contribution in [0.15, 0.2) is 42.5 Å². The molecule has 2 aliphatic heterocycles. The zero-order valence-corrected chi connectivity index (χ0v) is 20.1. The molecule has 2 heterocycles. The van der Waals surface area contributed by atoms with E-state index in [0.29, 0.717) is 36.1 Å². The molecule has 2 atom stereocenters. The Hall–Kier alpha value is -2.64. The Labute approximate surface area is 196 Å². The summed E-state index contributed by atoms with van der Waals surface area (Å²) in [6.45, 7) is 13.8. The van der Waals surface area contributed by atoms with Crippen molar-refractivity contribution in [2.24, 2.45) is 0 Å². The molecule has 178 valence electrons. The second kappa shape index (κ2) is 10.1.